The van der Waals surface area contributed by atoms with Gasteiger partial charge in [0.2, 0.25) is 11.7 Å². The van der Waals surface area contributed by atoms with E-state index >= 15 is 0 Å². The van der Waals surface area contributed by atoms with Crippen LogP contribution < -0.4 is 0 Å². The van der Waals surface area contributed by atoms with Gasteiger partial charge in [-0.05, 0) is 25.2 Å². The quantitative estimate of drug-likeness (QED) is 0.863. The number of ether oxygens (including phenoxy) is 1. The Morgan fingerprint density at radius 3 is 2.80 bits per heavy atom. The standard InChI is InChI=1S/C14H22N2O4/c1-4-8-6-9(10(7-8)14(17)18)13-15-12(16-20-13)11(5-2)19-3/h8-11H,4-7H2,1-3H3,(H,17,18). The van der Waals surface area contributed by atoms with Gasteiger partial charge in [-0.2, -0.15) is 4.98 Å². The number of carboxylic acids is 1. The number of carbonyl (C=O) groups is 1. The third-order valence-electron chi connectivity index (χ3n) is 4.27. The molecule has 0 aliphatic heterocycles. The Balaban J connectivity index is 2.19. The summed E-state index contributed by atoms with van der Waals surface area (Å²) in [6.07, 6.45) is 3.03. The first-order valence-corrected chi connectivity index (χ1v) is 7.19. The van der Waals surface area contributed by atoms with Crippen molar-refractivity contribution in [3.8, 4) is 0 Å². The van der Waals surface area contributed by atoms with Gasteiger partial charge in [-0.3, -0.25) is 4.79 Å². The van der Waals surface area contributed by atoms with Crippen LogP contribution >= 0.6 is 0 Å². The Kier molecular flexibility index (Phi) is 4.75. The molecule has 1 aromatic heterocycles. The van der Waals surface area contributed by atoms with E-state index in [9.17, 15) is 9.90 Å². The number of aliphatic carboxylic acids is 1. The van der Waals surface area contributed by atoms with Crippen LogP contribution in [-0.2, 0) is 9.53 Å². The molecule has 0 aromatic carbocycles. The molecular weight excluding hydrogens is 260 g/mol. The number of methoxy groups -OCH3 is 1. The molecule has 1 aliphatic carbocycles. The maximum atomic E-state index is 11.4. The van der Waals surface area contributed by atoms with Crippen molar-refractivity contribution in [3.63, 3.8) is 0 Å². The fourth-order valence-corrected chi connectivity index (χ4v) is 3.01. The number of rotatable bonds is 6. The molecule has 6 nitrogen and oxygen atoms in total. The fraction of sp³-hybridized carbons (Fsp3) is 0.786. The minimum absolute atomic E-state index is 0.173. The molecule has 1 aromatic rings. The molecule has 1 fully saturated rings. The van der Waals surface area contributed by atoms with Crippen LogP contribution in [0.3, 0.4) is 0 Å². The lowest BCUT2D eigenvalue weighted by Gasteiger charge is -2.10. The predicted octanol–water partition coefficient (Wildman–Crippen LogP) is 2.77. The van der Waals surface area contributed by atoms with E-state index in [1.807, 2.05) is 6.92 Å². The molecule has 2 rings (SSSR count). The van der Waals surface area contributed by atoms with Crippen LogP contribution in [0.15, 0.2) is 4.52 Å². The molecule has 0 bridgehead atoms. The first-order valence-electron chi connectivity index (χ1n) is 7.19. The van der Waals surface area contributed by atoms with Crippen molar-refractivity contribution in [1.29, 1.82) is 0 Å². The molecule has 4 atom stereocenters. The summed E-state index contributed by atoms with van der Waals surface area (Å²) in [4.78, 5) is 15.8. The molecule has 1 saturated carbocycles. The van der Waals surface area contributed by atoms with Crippen molar-refractivity contribution in [2.45, 2.75) is 51.6 Å². The van der Waals surface area contributed by atoms with Crippen LogP contribution in [-0.4, -0.2) is 28.3 Å². The number of nitrogens with zero attached hydrogens (tertiary/aromatic N) is 2. The third kappa shape index (κ3) is 2.85. The predicted molar refractivity (Wildman–Crippen MR) is 71.2 cm³/mol. The summed E-state index contributed by atoms with van der Waals surface area (Å²) in [5, 5.41) is 13.3. The molecule has 4 unspecified atom stereocenters. The topological polar surface area (TPSA) is 85.5 Å². The molecule has 1 N–H and O–H groups in total. The summed E-state index contributed by atoms with van der Waals surface area (Å²) in [6, 6.07) is 0. The first kappa shape index (κ1) is 15.0. The normalized spacial score (nSPS) is 27.6. The maximum Gasteiger partial charge on any atom is 0.307 e. The largest absolute Gasteiger partial charge is 0.481 e. The highest BCUT2D eigenvalue weighted by Gasteiger charge is 2.42. The second kappa shape index (κ2) is 6.35. The minimum atomic E-state index is -0.774. The summed E-state index contributed by atoms with van der Waals surface area (Å²) in [5.41, 5.74) is 0. The van der Waals surface area contributed by atoms with Gasteiger partial charge in [-0.1, -0.05) is 25.4 Å². The van der Waals surface area contributed by atoms with E-state index in [4.69, 9.17) is 9.26 Å². The minimum Gasteiger partial charge on any atom is -0.481 e. The summed E-state index contributed by atoms with van der Waals surface area (Å²) in [6.45, 7) is 4.07. The molecular formula is C14H22N2O4. The molecule has 0 amide bonds. The zero-order chi connectivity index (χ0) is 14.7. The van der Waals surface area contributed by atoms with Crippen LogP contribution in [0.4, 0.5) is 0 Å². The molecule has 6 heteroatoms. The van der Waals surface area contributed by atoms with Gasteiger partial charge in [0.15, 0.2) is 0 Å². The van der Waals surface area contributed by atoms with Crippen molar-refractivity contribution in [2.24, 2.45) is 11.8 Å². The average Bonchev–Trinajstić information content (AvgIpc) is 3.06. The molecule has 1 aliphatic rings. The molecule has 0 radical (unpaired) electrons. The molecule has 20 heavy (non-hydrogen) atoms. The number of carboxylic acid groups (broad SMARTS) is 1. The van der Waals surface area contributed by atoms with Crippen molar-refractivity contribution in [3.05, 3.63) is 11.7 Å². The monoisotopic (exact) mass is 282 g/mol. The summed E-state index contributed by atoms with van der Waals surface area (Å²) in [7, 11) is 1.60. The fourth-order valence-electron chi connectivity index (χ4n) is 3.01. The molecule has 1 heterocycles. The molecule has 112 valence electrons. The van der Waals surface area contributed by atoms with Crippen LogP contribution in [0.2, 0.25) is 0 Å². The van der Waals surface area contributed by atoms with Gasteiger partial charge in [0.05, 0.1) is 11.8 Å². The maximum absolute atomic E-state index is 11.4. The summed E-state index contributed by atoms with van der Waals surface area (Å²) < 4.78 is 10.6. The number of hydrogen-bond acceptors (Lipinski definition) is 5. The lowest BCUT2D eigenvalue weighted by atomic mass is 9.96. The second-order valence-electron chi connectivity index (χ2n) is 5.42. The van der Waals surface area contributed by atoms with Crippen LogP contribution in [0.1, 0.15) is 63.3 Å². The van der Waals surface area contributed by atoms with E-state index in [0.717, 1.165) is 19.3 Å². The average molecular weight is 282 g/mol. The van der Waals surface area contributed by atoms with E-state index in [1.54, 1.807) is 7.11 Å². The Morgan fingerprint density at radius 2 is 2.25 bits per heavy atom. The zero-order valence-electron chi connectivity index (χ0n) is 12.2. The highest BCUT2D eigenvalue weighted by atomic mass is 16.5. The van der Waals surface area contributed by atoms with Gasteiger partial charge in [0.1, 0.15) is 6.10 Å². The first-order chi connectivity index (χ1) is 9.60. The van der Waals surface area contributed by atoms with Crippen molar-refractivity contribution < 1.29 is 19.2 Å². The summed E-state index contributed by atoms with van der Waals surface area (Å²) in [5.74, 6) is 0.00204. The van der Waals surface area contributed by atoms with Crippen LogP contribution in [0.25, 0.3) is 0 Å². The Hall–Kier alpha value is -1.43. The Labute approximate surface area is 118 Å². The van der Waals surface area contributed by atoms with E-state index < -0.39 is 11.9 Å². The van der Waals surface area contributed by atoms with E-state index in [1.165, 1.54) is 0 Å². The lowest BCUT2D eigenvalue weighted by Crippen LogP contribution is -2.17. The Bertz CT molecular complexity index is 456. The van der Waals surface area contributed by atoms with Crippen molar-refractivity contribution in [1.82, 2.24) is 10.1 Å². The number of hydrogen-bond donors (Lipinski definition) is 1. The van der Waals surface area contributed by atoms with Gasteiger partial charge < -0.3 is 14.4 Å². The molecule has 0 saturated heterocycles. The van der Waals surface area contributed by atoms with Gasteiger partial charge >= 0.3 is 5.97 Å². The van der Waals surface area contributed by atoms with Gasteiger partial charge in [-0.15, -0.1) is 0 Å². The highest BCUT2D eigenvalue weighted by molar-refractivity contribution is 5.71. The SMILES string of the molecule is CCC1CC(C(=O)O)C(c2nc(C(CC)OC)no2)C1. The van der Waals surface area contributed by atoms with E-state index in [0.29, 0.717) is 24.1 Å². The zero-order valence-corrected chi connectivity index (χ0v) is 12.2. The number of aromatic nitrogens is 2. The second-order valence-corrected chi connectivity index (χ2v) is 5.42. The van der Waals surface area contributed by atoms with Crippen LogP contribution in [0.5, 0.6) is 0 Å². The highest BCUT2D eigenvalue weighted by Crippen LogP contribution is 2.44. The smallest absolute Gasteiger partial charge is 0.307 e. The van der Waals surface area contributed by atoms with Gasteiger partial charge in [-0.25, -0.2) is 0 Å². The van der Waals surface area contributed by atoms with E-state index in [2.05, 4.69) is 17.1 Å². The summed E-state index contributed by atoms with van der Waals surface area (Å²) >= 11 is 0. The Morgan fingerprint density at radius 1 is 1.50 bits per heavy atom. The third-order valence-corrected chi connectivity index (χ3v) is 4.27. The van der Waals surface area contributed by atoms with Crippen molar-refractivity contribution >= 4 is 5.97 Å². The van der Waals surface area contributed by atoms with Gasteiger partial charge in [0, 0.05) is 7.11 Å². The van der Waals surface area contributed by atoms with Crippen molar-refractivity contribution in [2.75, 3.05) is 7.11 Å². The van der Waals surface area contributed by atoms with Gasteiger partial charge in [0.25, 0.3) is 0 Å². The van der Waals surface area contributed by atoms with Crippen LogP contribution in [0, 0.1) is 11.8 Å². The van der Waals surface area contributed by atoms with E-state index in [-0.39, 0.29) is 12.0 Å². The lowest BCUT2D eigenvalue weighted by molar-refractivity contribution is -0.142. The molecule has 0 spiro atoms.